The van der Waals surface area contributed by atoms with Gasteiger partial charge in [0, 0.05) is 24.5 Å². The van der Waals surface area contributed by atoms with Crippen LogP contribution < -0.4 is 10.5 Å². The van der Waals surface area contributed by atoms with Crippen LogP contribution in [-0.2, 0) is 13.0 Å². The van der Waals surface area contributed by atoms with E-state index >= 15 is 0 Å². The number of aromatic nitrogens is 2. The van der Waals surface area contributed by atoms with Crippen LogP contribution in [0.25, 0.3) is 0 Å². The predicted molar refractivity (Wildman–Crippen MR) is 65.8 cm³/mol. The Morgan fingerprint density at radius 3 is 2.59 bits per heavy atom. The average molecular weight is 229 g/mol. The third-order valence-corrected chi connectivity index (χ3v) is 2.43. The van der Waals surface area contributed by atoms with Gasteiger partial charge in [-0.3, -0.25) is 0 Å². The lowest BCUT2D eigenvalue weighted by atomic mass is 10.2. The first-order chi connectivity index (χ1) is 8.31. The Labute approximate surface area is 100 Å². The summed E-state index contributed by atoms with van der Waals surface area (Å²) >= 11 is 0. The third-order valence-electron chi connectivity index (χ3n) is 2.43. The summed E-state index contributed by atoms with van der Waals surface area (Å²) < 4.78 is 5.56. The fourth-order valence-corrected chi connectivity index (χ4v) is 1.44. The highest BCUT2D eigenvalue weighted by Gasteiger charge is 2.01. The first-order valence-electron chi connectivity index (χ1n) is 5.59. The monoisotopic (exact) mass is 229 g/mol. The first kappa shape index (κ1) is 11.5. The maximum atomic E-state index is 5.56. The van der Waals surface area contributed by atoms with Gasteiger partial charge in [-0.15, -0.1) is 0 Å². The van der Waals surface area contributed by atoms with Gasteiger partial charge in [0.1, 0.15) is 5.75 Å². The minimum atomic E-state index is 0.343. The summed E-state index contributed by atoms with van der Waals surface area (Å²) in [6, 6.07) is 8.24. The molecule has 0 bridgehead atoms. The minimum absolute atomic E-state index is 0.343. The van der Waals surface area contributed by atoms with E-state index in [4.69, 9.17) is 10.5 Å². The SMILES string of the molecule is CCc1cccc(Oc2ncc(CN)cn2)c1. The van der Waals surface area contributed by atoms with Crippen molar-refractivity contribution in [3.63, 3.8) is 0 Å². The highest BCUT2D eigenvalue weighted by atomic mass is 16.5. The van der Waals surface area contributed by atoms with E-state index in [9.17, 15) is 0 Å². The number of aryl methyl sites for hydroxylation is 1. The Hall–Kier alpha value is -1.94. The summed E-state index contributed by atoms with van der Waals surface area (Å²) in [6.07, 6.45) is 4.32. The third kappa shape index (κ3) is 3.01. The second kappa shape index (κ2) is 5.41. The van der Waals surface area contributed by atoms with E-state index in [0.717, 1.165) is 17.7 Å². The molecule has 2 rings (SSSR count). The summed E-state index contributed by atoms with van der Waals surface area (Å²) in [7, 11) is 0. The number of hydrogen-bond acceptors (Lipinski definition) is 4. The molecule has 1 aromatic carbocycles. The molecule has 0 amide bonds. The van der Waals surface area contributed by atoms with Crippen LogP contribution in [0, 0.1) is 0 Å². The molecule has 4 heteroatoms. The van der Waals surface area contributed by atoms with Crippen LogP contribution in [-0.4, -0.2) is 9.97 Å². The van der Waals surface area contributed by atoms with Gasteiger partial charge >= 0.3 is 6.01 Å². The number of nitrogens with zero attached hydrogens (tertiary/aromatic N) is 2. The molecule has 1 heterocycles. The zero-order chi connectivity index (χ0) is 12.1. The van der Waals surface area contributed by atoms with Crippen LogP contribution in [0.5, 0.6) is 11.8 Å². The second-order valence-corrected chi connectivity index (χ2v) is 3.68. The highest BCUT2D eigenvalue weighted by Crippen LogP contribution is 2.18. The van der Waals surface area contributed by atoms with Gasteiger partial charge < -0.3 is 10.5 Å². The van der Waals surface area contributed by atoms with Gasteiger partial charge in [-0.2, -0.15) is 0 Å². The summed E-state index contributed by atoms with van der Waals surface area (Å²) in [6.45, 7) is 2.54. The maximum Gasteiger partial charge on any atom is 0.321 e. The zero-order valence-electron chi connectivity index (χ0n) is 9.76. The molecule has 0 unspecified atom stereocenters. The fourth-order valence-electron chi connectivity index (χ4n) is 1.44. The van der Waals surface area contributed by atoms with Crippen LogP contribution in [0.3, 0.4) is 0 Å². The molecular weight excluding hydrogens is 214 g/mol. The van der Waals surface area contributed by atoms with Gasteiger partial charge in [-0.05, 0) is 24.1 Å². The fraction of sp³-hybridized carbons (Fsp3) is 0.231. The second-order valence-electron chi connectivity index (χ2n) is 3.68. The van der Waals surface area contributed by atoms with Crippen molar-refractivity contribution in [2.75, 3.05) is 0 Å². The topological polar surface area (TPSA) is 61.0 Å². The van der Waals surface area contributed by atoms with Crippen molar-refractivity contribution in [3.8, 4) is 11.8 Å². The smallest absolute Gasteiger partial charge is 0.321 e. The Morgan fingerprint density at radius 2 is 1.94 bits per heavy atom. The molecule has 17 heavy (non-hydrogen) atoms. The Kier molecular flexibility index (Phi) is 3.67. The Bertz CT molecular complexity index is 482. The van der Waals surface area contributed by atoms with Gasteiger partial charge in [-0.25, -0.2) is 9.97 Å². The van der Waals surface area contributed by atoms with Gasteiger partial charge in [-0.1, -0.05) is 19.1 Å². The Balaban J connectivity index is 2.13. The van der Waals surface area contributed by atoms with E-state index < -0.39 is 0 Å². The van der Waals surface area contributed by atoms with Crippen molar-refractivity contribution in [1.82, 2.24) is 9.97 Å². The van der Waals surface area contributed by atoms with Gasteiger partial charge in [0.15, 0.2) is 0 Å². The van der Waals surface area contributed by atoms with E-state index in [1.807, 2.05) is 18.2 Å². The standard InChI is InChI=1S/C13H15N3O/c1-2-10-4-3-5-12(6-10)17-13-15-8-11(7-14)9-16-13/h3-6,8-9H,2,7,14H2,1H3. The average Bonchev–Trinajstić information content (AvgIpc) is 2.40. The van der Waals surface area contributed by atoms with Crippen LogP contribution in [0.4, 0.5) is 0 Å². The van der Waals surface area contributed by atoms with E-state index in [-0.39, 0.29) is 0 Å². The van der Waals surface area contributed by atoms with E-state index in [1.165, 1.54) is 5.56 Å². The molecule has 0 aliphatic carbocycles. The molecule has 0 fully saturated rings. The minimum Gasteiger partial charge on any atom is -0.424 e. The van der Waals surface area contributed by atoms with Crippen molar-refractivity contribution < 1.29 is 4.74 Å². The van der Waals surface area contributed by atoms with Crippen LogP contribution in [0.1, 0.15) is 18.1 Å². The number of hydrogen-bond donors (Lipinski definition) is 1. The predicted octanol–water partition coefficient (Wildman–Crippen LogP) is 2.29. The molecular formula is C13H15N3O. The first-order valence-corrected chi connectivity index (χ1v) is 5.59. The molecule has 0 saturated heterocycles. The molecule has 0 radical (unpaired) electrons. The zero-order valence-corrected chi connectivity index (χ0v) is 9.76. The molecule has 2 N–H and O–H groups in total. The normalized spacial score (nSPS) is 10.2. The molecule has 88 valence electrons. The summed E-state index contributed by atoms with van der Waals surface area (Å²) in [5.74, 6) is 0.754. The highest BCUT2D eigenvalue weighted by molar-refractivity contribution is 5.30. The molecule has 0 saturated carbocycles. The van der Waals surface area contributed by atoms with Gasteiger partial charge in [0.05, 0.1) is 0 Å². The lowest BCUT2D eigenvalue weighted by Gasteiger charge is -2.05. The number of rotatable bonds is 4. The lowest BCUT2D eigenvalue weighted by molar-refractivity contribution is 0.440. The van der Waals surface area contributed by atoms with E-state index in [0.29, 0.717) is 12.6 Å². The summed E-state index contributed by atoms with van der Waals surface area (Å²) in [5.41, 5.74) is 7.58. The van der Waals surface area contributed by atoms with Crippen LogP contribution in [0.15, 0.2) is 36.7 Å². The van der Waals surface area contributed by atoms with Crippen molar-refractivity contribution in [2.45, 2.75) is 19.9 Å². The molecule has 2 aromatic rings. The van der Waals surface area contributed by atoms with Crippen LogP contribution in [0.2, 0.25) is 0 Å². The maximum absolute atomic E-state index is 5.56. The molecule has 4 nitrogen and oxygen atoms in total. The van der Waals surface area contributed by atoms with Crippen LogP contribution >= 0.6 is 0 Å². The molecule has 0 aliphatic heterocycles. The molecule has 0 atom stereocenters. The number of benzene rings is 1. The van der Waals surface area contributed by atoms with Gasteiger partial charge in [0.2, 0.25) is 0 Å². The van der Waals surface area contributed by atoms with Gasteiger partial charge in [0.25, 0.3) is 0 Å². The largest absolute Gasteiger partial charge is 0.424 e. The lowest BCUT2D eigenvalue weighted by Crippen LogP contribution is -1.99. The molecule has 0 aliphatic rings. The van der Waals surface area contributed by atoms with Crippen molar-refractivity contribution in [1.29, 1.82) is 0 Å². The van der Waals surface area contributed by atoms with E-state index in [1.54, 1.807) is 12.4 Å². The van der Waals surface area contributed by atoms with Crippen molar-refractivity contribution >= 4 is 0 Å². The number of ether oxygens (including phenoxy) is 1. The summed E-state index contributed by atoms with van der Waals surface area (Å²) in [5, 5.41) is 0. The number of nitrogens with two attached hydrogens (primary N) is 1. The Morgan fingerprint density at radius 1 is 1.18 bits per heavy atom. The van der Waals surface area contributed by atoms with Crippen molar-refractivity contribution in [3.05, 3.63) is 47.8 Å². The quantitative estimate of drug-likeness (QED) is 0.873. The molecule has 1 aromatic heterocycles. The van der Waals surface area contributed by atoms with E-state index in [2.05, 4.69) is 23.0 Å². The van der Waals surface area contributed by atoms with Crippen molar-refractivity contribution in [2.24, 2.45) is 5.73 Å². The molecule has 0 spiro atoms. The summed E-state index contributed by atoms with van der Waals surface area (Å²) in [4.78, 5) is 8.17.